The van der Waals surface area contributed by atoms with Crippen LogP contribution in [0.1, 0.15) is 12.5 Å². The van der Waals surface area contributed by atoms with E-state index in [9.17, 15) is 0 Å². The summed E-state index contributed by atoms with van der Waals surface area (Å²) in [6.07, 6.45) is 0. The van der Waals surface area contributed by atoms with Crippen molar-refractivity contribution in [2.75, 3.05) is 38.8 Å². The third-order valence-corrected chi connectivity index (χ3v) is 2.80. The van der Waals surface area contributed by atoms with Gasteiger partial charge in [0.05, 0.1) is 6.61 Å². The molecule has 0 spiro atoms. The molecule has 0 fully saturated rings. The Balaban J connectivity index is 2.59. The minimum atomic E-state index is 0.371. The van der Waals surface area contributed by atoms with E-state index in [4.69, 9.17) is 4.74 Å². The summed E-state index contributed by atoms with van der Waals surface area (Å²) in [4.78, 5) is 2.26. The Kier molecular flexibility index (Phi) is 6.01. The summed E-state index contributed by atoms with van der Waals surface area (Å²) in [5.74, 6) is 0. The van der Waals surface area contributed by atoms with Crippen LogP contribution in [0.2, 0.25) is 0 Å². The van der Waals surface area contributed by atoms with Crippen molar-refractivity contribution in [3.8, 4) is 0 Å². The van der Waals surface area contributed by atoms with Crippen molar-refractivity contribution in [2.45, 2.75) is 19.9 Å². The molecule has 0 aliphatic rings. The smallest absolute Gasteiger partial charge is 0.0633 e. The van der Waals surface area contributed by atoms with Crippen molar-refractivity contribution < 1.29 is 4.74 Å². The first-order valence-electron chi connectivity index (χ1n) is 6.17. The molecule has 3 nitrogen and oxygen atoms in total. The van der Waals surface area contributed by atoms with Crippen LogP contribution in [0.15, 0.2) is 24.3 Å². The van der Waals surface area contributed by atoms with Gasteiger partial charge in [0.25, 0.3) is 0 Å². The molecule has 96 valence electrons. The topological polar surface area (TPSA) is 24.5 Å². The second kappa shape index (κ2) is 7.30. The fourth-order valence-electron chi connectivity index (χ4n) is 1.97. The summed E-state index contributed by atoms with van der Waals surface area (Å²) in [5.41, 5.74) is 2.55. The molecule has 17 heavy (non-hydrogen) atoms. The lowest BCUT2D eigenvalue weighted by Crippen LogP contribution is -2.42. The van der Waals surface area contributed by atoms with E-state index in [2.05, 4.69) is 55.4 Å². The second-order valence-corrected chi connectivity index (χ2v) is 4.43. The van der Waals surface area contributed by atoms with Gasteiger partial charge in [0.15, 0.2) is 0 Å². The molecular weight excluding hydrogens is 212 g/mol. The van der Waals surface area contributed by atoms with Gasteiger partial charge in [0.1, 0.15) is 0 Å². The summed E-state index contributed by atoms with van der Waals surface area (Å²) >= 11 is 0. The predicted molar refractivity (Wildman–Crippen MR) is 73.8 cm³/mol. The second-order valence-electron chi connectivity index (χ2n) is 4.43. The zero-order valence-electron chi connectivity index (χ0n) is 11.4. The van der Waals surface area contributed by atoms with E-state index in [1.807, 2.05) is 0 Å². The molecule has 1 aromatic carbocycles. The number of nitrogens with one attached hydrogen (secondary N) is 1. The van der Waals surface area contributed by atoms with Crippen LogP contribution in [-0.4, -0.2) is 39.9 Å². The number of hydrogen-bond acceptors (Lipinski definition) is 3. The number of likely N-dealkylation sites (N-methyl/N-ethyl adjacent to an activating group) is 2. The Morgan fingerprint density at radius 2 is 2.18 bits per heavy atom. The standard InChI is InChI=1S/C14H24N2O/c1-5-15-13(11-17-4)10-16(3)14-8-6-7-12(2)9-14/h6-9,13,15H,5,10-11H2,1-4H3. The van der Waals surface area contributed by atoms with E-state index >= 15 is 0 Å². The van der Waals surface area contributed by atoms with Crippen LogP contribution in [0.4, 0.5) is 5.69 Å². The molecule has 1 unspecified atom stereocenters. The van der Waals surface area contributed by atoms with E-state index in [-0.39, 0.29) is 0 Å². The van der Waals surface area contributed by atoms with Gasteiger partial charge >= 0.3 is 0 Å². The molecule has 0 heterocycles. The number of ether oxygens (including phenoxy) is 1. The molecule has 0 aliphatic carbocycles. The SMILES string of the molecule is CCNC(COC)CN(C)c1cccc(C)c1. The van der Waals surface area contributed by atoms with Gasteiger partial charge in [-0.1, -0.05) is 19.1 Å². The van der Waals surface area contributed by atoms with Crippen molar-refractivity contribution in [2.24, 2.45) is 0 Å². The van der Waals surface area contributed by atoms with Crippen LogP contribution in [0.25, 0.3) is 0 Å². The lowest BCUT2D eigenvalue weighted by molar-refractivity contribution is 0.169. The highest BCUT2D eigenvalue weighted by Crippen LogP contribution is 2.14. The van der Waals surface area contributed by atoms with E-state index in [1.165, 1.54) is 11.3 Å². The van der Waals surface area contributed by atoms with E-state index in [0.717, 1.165) is 19.7 Å². The molecule has 0 saturated heterocycles. The van der Waals surface area contributed by atoms with Gasteiger partial charge in [-0.2, -0.15) is 0 Å². The maximum atomic E-state index is 5.23. The molecule has 1 atom stereocenters. The number of anilines is 1. The lowest BCUT2D eigenvalue weighted by Gasteiger charge is -2.26. The van der Waals surface area contributed by atoms with E-state index < -0.39 is 0 Å². The Bertz CT molecular complexity index is 322. The van der Waals surface area contributed by atoms with Gasteiger partial charge in [-0.25, -0.2) is 0 Å². The average Bonchev–Trinajstić information content (AvgIpc) is 2.29. The van der Waals surface area contributed by atoms with Gasteiger partial charge in [0.2, 0.25) is 0 Å². The zero-order chi connectivity index (χ0) is 12.7. The van der Waals surface area contributed by atoms with E-state index in [0.29, 0.717) is 6.04 Å². The third kappa shape index (κ3) is 4.75. The van der Waals surface area contributed by atoms with Crippen LogP contribution in [-0.2, 0) is 4.74 Å². The maximum Gasteiger partial charge on any atom is 0.0633 e. The number of aryl methyl sites for hydroxylation is 1. The van der Waals surface area contributed by atoms with Crippen molar-refractivity contribution >= 4 is 5.69 Å². The summed E-state index contributed by atoms with van der Waals surface area (Å²) in [6.45, 7) is 6.90. The third-order valence-electron chi connectivity index (χ3n) is 2.80. The van der Waals surface area contributed by atoms with Gasteiger partial charge in [-0.05, 0) is 31.2 Å². The fraction of sp³-hybridized carbons (Fsp3) is 0.571. The molecule has 1 aromatic rings. The molecule has 0 bridgehead atoms. The van der Waals surface area contributed by atoms with Crippen molar-refractivity contribution in [3.05, 3.63) is 29.8 Å². The van der Waals surface area contributed by atoms with Crippen molar-refractivity contribution in [1.29, 1.82) is 0 Å². The maximum absolute atomic E-state index is 5.23. The number of rotatable bonds is 7. The first-order chi connectivity index (χ1) is 8.17. The molecule has 0 radical (unpaired) electrons. The molecule has 0 aromatic heterocycles. The monoisotopic (exact) mass is 236 g/mol. The molecule has 0 aliphatic heterocycles. The Hall–Kier alpha value is -1.06. The minimum Gasteiger partial charge on any atom is -0.383 e. The zero-order valence-corrected chi connectivity index (χ0v) is 11.4. The van der Waals surface area contributed by atoms with Gasteiger partial charge in [-0.15, -0.1) is 0 Å². The average molecular weight is 236 g/mol. The number of methoxy groups -OCH3 is 1. The Morgan fingerprint density at radius 1 is 1.41 bits per heavy atom. The van der Waals surface area contributed by atoms with Crippen molar-refractivity contribution in [3.63, 3.8) is 0 Å². The van der Waals surface area contributed by atoms with Crippen LogP contribution in [0.5, 0.6) is 0 Å². The Labute approximate surface area is 105 Å². The highest BCUT2D eigenvalue weighted by atomic mass is 16.5. The first kappa shape index (κ1) is 14.0. The summed E-state index contributed by atoms with van der Waals surface area (Å²) < 4.78 is 5.23. The van der Waals surface area contributed by atoms with Crippen LogP contribution in [0.3, 0.4) is 0 Å². The van der Waals surface area contributed by atoms with Crippen LogP contribution < -0.4 is 10.2 Å². The molecule has 1 N–H and O–H groups in total. The molecule has 1 rings (SSSR count). The highest BCUT2D eigenvalue weighted by Gasteiger charge is 2.10. The fourth-order valence-corrected chi connectivity index (χ4v) is 1.97. The summed E-state index contributed by atoms with van der Waals surface area (Å²) in [5, 5.41) is 3.43. The van der Waals surface area contributed by atoms with Crippen LogP contribution >= 0.6 is 0 Å². The largest absolute Gasteiger partial charge is 0.383 e. The van der Waals surface area contributed by atoms with Gasteiger partial charge in [-0.3, -0.25) is 0 Å². The van der Waals surface area contributed by atoms with E-state index in [1.54, 1.807) is 7.11 Å². The molecular formula is C14H24N2O. The summed E-state index contributed by atoms with van der Waals surface area (Å²) in [7, 11) is 3.87. The van der Waals surface area contributed by atoms with Gasteiger partial charge in [0, 0.05) is 32.4 Å². The Morgan fingerprint density at radius 3 is 2.76 bits per heavy atom. The quantitative estimate of drug-likeness (QED) is 0.784. The predicted octanol–water partition coefficient (Wildman–Crippen LogP) is 2.06. The molecule has 3 heteroatoms. The minimum absolute atomic E-state index is 0.371. The van der Waals surface area contributed by atoms with Crippen molar-refractivity contribution in [1.82, 2.24) is 5.32 Å². The normalized spacial score (nSPS) is 12.5. The van der Waals surface area contributed by atoms with Gasteiger partial charge < -0.3 is 15.0 Å². The highest BCUT2D eigenvalue weighted by molar-refractivity contribution is 5.47. The first-order valence-corrected chi connectivity index (χ1v) is 6.17. The summed E-state index contributed by atoms with van der Waals surface area (Å²) in [6, 6.07) is 8.93. The molecule has 0 amide bonds. The number of hydrogen-bond donors (Lipinski definition) is 1. The number of benzene rings is 1. The lowest BCUT2D eigenvalue weighted by atomic mass is 10.2. The number of nitrogens with zero attached hydrogens (tertiary/aromatic N) is 1. The molecule has 0 saturated carbocycles. The van der Waals surface area contributed by atoms with Crippen LogP contribution in [0, 0.1) is 6.92 Å².